The Morgan fingerprint density at radius 3 is 2.68 bits per heavy atom. The molecular formula is C17H18N4O6S. The van der Waals surface area contributed by atoms with Crippen LogP contribution >= 0.6 is 0 Å². The molecule has 3 rings (SSSR count). The van der Waals surface area contributed by atoms with Gasteiger partial charge in [0.25, 0.3) is 11.5 Å². The molecule has 0 aliphatic carbocycles. The highest BCUT2D eigenvalue weighted by molar-refractivity contribution is 7.92. The zero-order valence-electron chi connectivity index (χ0n) is 15.6. The Bertz CT molecular complexity index is 1240. The number of hydrogen-bond donors (Lipinski definition) is 2. The molecular weight excluding hydrogens is 388 g/mol. The fourth-order valence-electron chi connectivity index (χ4n) is 2.71. The number of fused-ring (bicyclic) bond motifs is 1. The van der Waals surface area contributed by atoms with Gasteiger partial charge >= 0.3 is 0 Å². The zero-order chi connectivity index (χ0) is 20.6. The molecule has 0 atom stereocenters. The molecule has 0 fully saturated rings. The first-order chi connectivity index (χ1) is 13.1. The Kier molecular flexibility index (Phi) is 4.86. The summed E-state index contributed by atoms with van der Waals surface area (Å²) in [5, 5.41) is 2.74. The van der Waals surface area contributed by atoms with Crippen LogP contribution in [0.5, 0.6) is 5.75 Å². The van der Waals surface area contributed by atoms with Crippen molar-refractivity contribution in [2.45, 2.75) is 6.92 Å². The normalized spacial score (nSPS) is 11.4. The van der Waals surface area contributed by atoms with Crippen molar-refractivity contribution in [1.82, 2.24) is 9.55 Å². The zero-order valence-corrected chi connectivity index (χ0v) is 16.4. The monoisotopic (exact) mass is 406 g/mol. The summed E-state index contributed by atoms with van der Waals surface area (Å²) in [6, 6.07) is 4.41. The number of sulfonamides is 1. The van der Waals surface area contributed by atoms with Gasteiger partial charge in [-0.2, -0.15) is 0 Å². The van der Waals surface area contributed by atoms with Crippen LogP contribution in [0, 0.1) is 6.92 Å². The summed E-state index contributed by atoms with van der Waals surface area (Å²) in [6.45, 7) is 1.57. The van der Waals surface area contributed by atoms with E-state index in [9.17, 15) is 18.0 Å². The van der Waals surface area contributed by atoms with Crippen molar-refractivity contribution >= 4 is 38.4 Å². The van der Waals surface area contributed by atoms with E-state index in [0.717, 1.165) is 6.26 Å². The van der Waals surface area contributed by atoms with E-state index in [0.29, 0.717) is 5.69 Å². The van der Waals surface area contributed by atoms with Crippen molar-refractivity contribution in [3.05, 3.63) is 46.2 Å². The number of anilines is 2. The summed E-state index contributed by atoms with van der Waals surface area (Å²) < 4.78 is 37.0. The predicted molar refractivity (Wildman–Crippen MR) is 103 cm³/mol. The number of furan rings is 1. The largest absolute Gasteiger partial charge is 0.494 e. The predicted octanol–water partition coefficient (Wildman–Crippen LogP) is 1.47. The number of hydrogen-bond acceptors (Lipinski definition) is 7. The van der Waals surface area contributed by atoms with Crippen LogP contribution in [0.15, 0.2) is 33.7 Å². The number of methoxy groups -OCH3 is 1. The number of nitrogens with zero attached hydrogens (tertiary/aromatic N) is 2. The van der Waals surface area contributed by atoms with E-state index in [-0.39, 0.29) is 33.9 Å². The van der Waals surface area contributed by atoms with Gasteiger partial charge in [-0.25, -0.2) is 13.4 Å². The molecule has 148 valence electrons. The smallest absolute Gasteiger partial charge is 0.265 e. The maximum Gasteiger partial charge on any atom is 0.265 e. The lowest BCUT2D eigenvalue weighted by molar-refractivity contribution is 0.102. The third kappa shape index (κ3) is 3.69. The Hall–Kier alpha value is -3.34. The molecule has 2 aromatic heterocycles. The van der Waals surface area contributed by atoms with E-state index in [1.807, 2.05) is 0 Å². The van der Waals surface area contributed by atoms with Gasteiger partial charge in [-0.05, 0) is 19.1 Å². The molecule has 0 saturated heterocycles. The third-order valence-corrected chi connectivity index (χ3v) is 4.52. The molecule has 1 aromatic carbocycles. The average Bonchev–Trinajstić information content (AvgIpc) is 2.95. The summed E-state index contributed by atoms with van der Waals surface area (Å²) in [5.41, 5.74) is 0.329. The minimum Gasteiger partial charge on any atom is -0.494 e. The van der Waals surface area contributed by atoms with Crippen LogP contribution in [0.25, 0.3) is 11.1 Å². The fourth-order valence-corrected chi connectivity index (χ4v) is 3.28. The second kappa shape index (κ2) is 7.00. The van der Waals surface area contributed by atoms with Crippen LogP contribution in [0.4, 0.5) is 11.4 Å². The van der Waals surface area contributed by atoms with Gasteiger partial charge in [0.2, 0.25) is 15.7 Å². The van der Waals surface area contributed by atoms with Crippen molar-refractivity contribution in [1.29, 1.82) is 0 Å². The molecule has 3 aromatic rings. The highest BCUT2D eigenvalue weighted by Crippen LogP contribution is 2.29. The first-order valence-electron chi connectivity index (χ1n) is 8.02. The van der Waals surface area contributed by atoms with E-state index in [4.69, 9.17) is 9.15 Å². The van der Waals surface area contributed by atoms with E-state index >= 15 is 0 Å². The third-order valence-electron chi connectivity index (χ3n) is 3.93. The molecule has 0 radical (unpaired) electrons. The molecule has 11 heteroatoms. The first-order valence-corrected chi connectivity index (χ1v) is 9.91. The van der Waals surface area contributed by atoms with Gasteiger partial charge in [0, 0.05) is 18.8 Å². The van der Waals surface area contributed by atoms with Gasteiger partial charge in [0.15, 0.2) is 0 Å². The maximum absolute atomic E-state index is 12.8. The number of carbonyl (C=O) groups is 1. The Morgan fingerprint density at radius 2 is 2.04 bits per heavy atom. The van der Waals surface area contributed by atoms with Crippen molar-refractivity contribution in [3.63, 3.8) is 0 Å². The van der Waals surface area contributed by atoms with Gasteiger partial charge in [-0.3, -0.25) is 14.3 Å². The number of carbonyl (C=O) groups excluding carboxylic acids is 1. The lowest BCUT2D eigenvalue weighted by atomic mass is 10.1. The Morgan fingerprint density at radius 1 is 1.32 bits per heavy atom. The minimum absolute atomic E-state index is 0.0797. The minimum atomic E-state index is -3.49. The van der Waals surface area contributed by atoms with Crippen molar-refractivity contribution < 1.29 is 22.4 Å². The summed E-state index contributed by atoms with van der Waals surface area (Å²) in [6.07, 6.45) is 2.33. The van der Waals surface area contributed by atoms with Gasteiger partial charge in [-0.15, -0.1) is 0 Å². The van der Waals surface area contributed by atoms with Crippen LogP contribution in [0.3, 0.4) is 0 Å². The number of ether oxygens (including phenoxy) is 1. The molecule has 0 unspecified atom stereocenters. The molecule has 2 N–H and O–H groups in total. The summed E-state index contributed by atoms with van der Waals surface area (Å²) >= 11 is 0. The average molecular weight is 406 g/mol. The van der Waals surface area contributed by atoms with Gasteiger partial charge in [0.05, 0.1) is 24.6 Å². The van der Waals surface area contributed by atoms with Crippen LogP contribution in [-0.4, -0.2) is 37.2 Å². The number of aryl methyl sites for hydroxylation is 2. The SMILES string of the molecule is COc1cc(NC(=O)c2c(C)oc3ncn(C)c(=O)c23)ccc1NS(C)(=O)=O. The van der Waals surface area contributed by atoms with Crippen LogP contribution in [0.1, 0.15) is 16.1 Å². The van der Waals surface area contributed by atoms with Crippen molar-refractivity contribution in [2.24, 2.45) is 7.05 Å². The molecule has 0 bridgehead atoms. The second-order valence-corrected chi connectivity index (χ2v) is 7.87. The number of benzene rings is 1. The van der Waals surface area contributed by atoms with E-state index in [2.05, 4.69) is 15.0 Å². The van der Waals surface area contributed by atoms with Gasteiger partial charge in [0.1, 0.15) is 23.2 Å². The molecule has 0 spiro atoms. The van der Waals surface area contributed by atoms with E-state index < -0.39 is 21.5 Å². The molecule has 1 amide bonds. The molecule has 0 aliphatic heterocycles. The summed E-state index contributed by atoms with van der Waals surface area (Å²) in [7, 11) is -0.596. The number of rotatable bonds is 5. The molecule has 2 heterocycles. The second-order valence-electron chi connectivity index (χ2n) is 6.12. The highest BCUT2D eigenvalue weighted by atomic mass is 32.2. The summed E-state index contributed by atoms with van der Waals surface area (Å²) in [4.78, 5) is 29.2. The Balaban J connectivity index is 1.98. The molecule has 10 nitrogen and oxygen atoms in total. The fraction of sp³-hybridized carbons (Fsp3) is 0.235. The quantitative estimate of drug-likeness (QED) is 0.655. The van der Waals surface area contributed by atoms with Crippen molar-refractivity contribution in [3.8, 4) is 5.75 Å². The van der Waals surface area contributed by atoms with E-state index in [1.54, 1.807) is 6.92 Å². The van der Waals surface area contributed by atoms with Gasteiger partial charge in [-0.1, -0.05) is 0 Å². The highest BCUT2D eigenvalue weighted by Gasteiger charge is 2.23. The topological polar surface area (TPSA) is 133 Å². The molecule has 0 aliphatic rings. The van der Waals surface area contributed by atoms with Crippen LogP contribution < -0.4 is 20.3 Å². The lowest BCUT2D eigenvalue weighted by Crippen LogP contribution is -2.20. The van der Waals surface area contributed by atoms with Crippen LogP contribution in [-0.2, 0) is 17.1 Å². The molecule has 0 saturated carbocycles. The number of aromatic nitrogens is 2. The van der Waals surface area contributed by atoms with Gasteiger partial charge < -0.3 is 19.0 Å². The number of nitrogens with one attached hydrogen (secondary N) is 2. The van der Waals surface area contributed by atoms with Crippen molar-refractivity contribution in [2.75, 3.05) is 23.4 Å². The van der Waals surface area contributed by atoms with E-state index in [1.165, 1.54) is 43.3 Å². The lowest BCUT2D eigenvalue weighted by Gasteiger charge is -2.12. The van der Waals surface area contributed by atoms with Crippen LogP contribution in [0.2, 0.25) is 0 Å². The maximum atomic E-state index is 12.8. The summed E-state index contributed by atoms with van der Waals surface area (Å²) in [5.74, 6) is -0.0903. The Labute approximate surface area is 160 Å². The number of amides is 1. The first kappa shape index (κ1) is 19.4. The molecule has 28 heavy (non-hydrogen) atoms. The standard InChI is InChI=1S/C17H18N4O6S/c1-9-13(14-16(27-9)18-8-21(2)17(14)23)15(22)19-10-5-6-11(12(7-10)26-3)20-28(4,24)25/h5-8,20H,1-4H3,(H,19,22).